The van der Waals surface area contributed by atoms with Gasteiger partial charge >= 0.3 is 0 Å². The number of anilines is 1. The molecule has 0 radical (unpaired) electrons. The maximum absolute atomic E-state index is 11.9. The third-order valence-electron chi connectivity index (χ3n) is 2.46. The minimum Gasteiger partial charge on any atom is -0.491 e. The number of rotatable bonds is 2. The van der Waals surface area contributed by atoms with E-state index in [1.807, 2.05) is 0 Å². The Morgan fingerprint density at radius 3 is 2.65 bits per heavy atom. The number of aliphatic hydroxyl groups is 1. The molecule has 1 aliphatic heterocycles. The molecule has 0 fully saturated rings. The number of aromatic nitrogens is 2. The van der Waals surface area contributed by atoms with Gasteiger partial charge in [0, 0.05) is 5.57 Å². The predicted octanol–water partition coefficient (Wildman–Crippen LogP) is 0.715. The minimum absolute atomic E-state index is 0.120. The van der Waals surface area contributed by atoms with Crippen molar-refractivity contribution in [2.24, 2.45) is 0 Å². The summed E-state index contributed by atoms with van der Waals surface area (Å²) in [5.41, 5.74) is 0.439. The first-order valence-corrected chi connectivity index (χ1v) is 5.18. The molecule has 0 saturated carbocycles. The van der Waals surface area contributed by atoms with Gasteiger partial charge < -0.3 is 9.84 Å². The normalized spacial score (nSPS) is 20.1. The summed E-state index contributed by atoms with van der Waals surface area (Å²) in [5, 5.41) is 10.1. The topological polar surface area (TPSA) is 75.6 Å². The van der Waals surface area contributed by atoms with Gasteiger partial charge in [-0.05, 0) is 6.92 Å². The average Bonchev–Trinajstić information content (AvgIpc) is 2.52. The smallest absolute Gasteiger partial charge is 0.297 e. The van der Waals surface area contributed by atoms with Crippen molar-refractivity contribution in [3.8, 4) is 0 Å². The summed E-state index contributed by atoms with van der Waals surface area (Å²) in [6.45, 7) is 1.62. The molecule has 1 unspecified atom stereocenters. The van der Waals surface area contributed by atoms with E-state index in [1.165, 1.54) is 19.5 Å². The highest BCUT2D eigenvalue weighted by atomic mass is 35.5. The molecule has 0 aromatic carbocycles. The number of aliphatic hydroxyl groups excluding tert-OH is 1. The van der Waals surface area contributed by atoms with Crippen LogP contribution >= 0.6 is 11.6 Å². The molecule has 1 amide bonds. The van der Waals surface area contributed by atoms with Crippen molar-refractivity contribution in [1.29, 1.82) is 0 Å². The third-order valence-corrected chi connectivity index (χ3v) is 2.66. The Morgan fingerprint density at radius 1 is 1.47 bits per heavy atom. The lowest BCUT2D eigenvalue weighted by Gasteiger charge is -2.19. The van der Waals surface area contributed by atoms with Gasteiger partial charge in [-0.15, -0.1) is 0 Å². The second-order valence-electron chi connectivity index (χ2n) is 3.46. The van der Waals surface area contributed by atoms with Crippen LogP contribution in [0.25, 0.3) is 0 Å². The van der Waals surface area contributed by atoms with Gasteiger partial charge in [0.05, 0.1) is 19.5 Å². The fourth-order valence-electron chi connectivity index (χ4n) is 1.61. The van der Waals surface area contributed by atoms with E-state index >= 15 is 0 Å². The van der Waals surface area contributed by atoms with Crippen LogP contribution in [0.15, 0.2) is 23.7 Å². The van der Waals surface area contributed by atoms with E-state index in [1.54, 1.807) is 6.92 Å². The maximum atomic E-state index is 11.9. The minimum atomic E-state index is -1.09. The van der Waals surface area contributed by atoms with Crippen LogP contribution in [-0.2, 0) is 9.53 Å². The summed E-state index contributed by atoms with van der Waals surface area (Å²) in [5.74, 6) is -0.110. The zero-order valence-electron chi connectivity index (χ0n) is 9.22. The molecule has 0 spiro atoms. The second-order valence-corrected chi connectivity index (χ2v) is 3.85. The molecule has 6 nitrogen and oxygen atoms in total. The molecule has 1 N–H and O–H groups in total. The van der Waals surface area contributed by atoms with Gasteiger partial charge in [-0.3, -0.25) is 9.69 Å². The lowest BCUT2D eigenvalue weighted by molar-refractivity contribution is -0.118. The first-order valence-electron chi connectivity index (χ1n) is 4.80. The molecule has 2 heterocycles. The number of amides is 1. The van der Waals surface area contributed by atoms with Gasteiger partial charge in [0.25, 0.3) is 5.91 Å². The Bertz CT molecular complexity index is 486. The van der Waals surface area contributed by atoms with Crippen LogP contribution in [0, 0.1) is 0 Å². The lowest BCUT2D eigenvalue weighted by Crippen LogP contribution is -2.36. The van der Waals surface area contributed by atoms with Crippen molar-refractivity contribution < 1.29 is 14.6 Å². The van der Waals surface area contributed by atoms with Crippen LogP contribution in [0.4, 0.5) is 5.82 Å². The fraction of sp³-hybridized carbons (Fsp3) is 0.300. The zero-order chi connectivity index (χ0) is 12.6. The Hall–Kier alpha value is -1.66. The number of carbonyl (C=O) groups is 1. The van der Waals surface area contributed by atoms with Crippen LogP contribution in [0.1, 0.15) is 6.92 Å². The molecule has 1 atom stereocenters. The Balaban J connectivity index is 2.37. The number of carbonyl (C=O) groups excluding carboxylic acids is 1. The van der Waals surface area contributed by atoms with Crippen molar-refractivity contribution in [2.45, 2.75) is 13.2 Å². The largest absolute Gasteiger partial charge is 0.491 e. The molecular formula is C10H10ClN3O3. The summed E-state index contributed by atoms with van der Waals surface area (Å²) < 4.78 is 4.94. The number of nitrogens with zero attached hydrogens (tertiary/aromatic N) is 3. The average molecular weight is 256 g/mol. The first kappa shape index (κ1) is 11.8. The van der Waals surface area contributed by atoms with Gasteiger partial charge in [-0.2, -0.15) is 0 Å². The summed E-state index contributed by atoms with van der Waals surface area (Å²) in [6, 6.07) is 0. The lowest BCUT2D eigenvalue weighted by atomic mass is 10.3. The van der Waals surface area contributed by atoms with Crippen molar-refractivity contribution in [3.63, 3.8) is 0 Å². The van der Waals surface area contributed by atoms with Gasteiger partial charge in [0.15, 0.2) is 17.8 Å². The fourth-order valence-corrected chi connectivity index (χ4v) is 1.71. The van der Waals surface area contributed by atoms with E-state index in [0.29, 0.717) is 5.57 Å². The molecule has 1 aromatic rings. The Morgan fingerprint density at radius 2 is 2.18 bits per heavy atom. The number of halogens is 1. The monoisotopic (exact) mass is 255 g/mol. The van der Waals surface area contributed by atoms with Crippen molar-refractivity contribution in [3.05, 3.63) is 28.9 Å². The number of methoxy groups -OCH3 is 1. The molecular weight excluding hydrogens is 246 g/mol. The summed E-state index contributed by atoms with van der Waals surface area (Å²) in [4.78, 5) is 20.8. The van der Waals surface area contributed by atoms with Gasteiger partial charge in [0.1, 0.15) is 5.15 Å². The highest BCUT2D eigenvalue weighted by Crippen LogP contribution is 2.28. The molecule has 0 saturated heterocycles. The number of hydrogen-bond donors (Lipinski definition) is 1. The standard InChI is InChI=1S/C10H10ClN3O3/c1-5-8(17-2)10(16)14(9(5)15)7-4-12-6(11)3-13-7/h3-4,9,15H,1-2H3. The van der Waals surface area contributed by atoms with E-state index in [2.05, 4.69) is 9.97 Å². The number of hydrogen-bond acceptors (Lipinski definition) is 5. The van der Waals surface area contributed by atoms with Crippen molar-refractivity contribution >= 4 is 23.3 Å². The van der Waals surface area contributed by atoms with Crippen LogP contribution < -0.4 is 4.90 Å². The molecule has 17 heavy (non-hydrogen) atoms. The molecule has 1 aliphatic rings. The van der Waals surface area contributed by atoms with Crippen LogP contribution in [0.2, 0.25) is 5.15 Å². The van der Waals surface area contributed by atoms with Gasteiger partial charge in [0.2, 0.25) is 0 Å². The van der Waals surface area contributed by atoms with E-state index in [9.17, 15) is 9.90 Å². The predicted molar refractivity (Wildman–Crippen MR) is 60.2 cm³/mol. The molecule has 2 rings (SSSR count). The molecule has 0 aliphatic carbocycles. The zero-order valence-corrected chi connectivity index (χ0v) is 9.97. The summed E-state index contributed by atoms with van der Waals surface area (Å²) >= 11 is 5.60. The van der Waals surface area contributed by atoms with Crippen LogP contribution in [-0.4, -0.2) is 34.3 Å². The van der Waals surface area contributed by atoms with Crippen LogP contribution in [0.5, 0.6) is 0 Å². The van der Waals surface area contributed by atoms with Gasteiger partial charge in [-0.25, -0.2) is 9.97 Å². The molecule has 90 valence electrons. The van der Waals surface area contributed by atoms with E-state index in [-0.39, 0.29) is 16.7 Å². The quantitative estimate of drug-likeness (QED) is 0.843. The van der Waals surface area contributed by atoms with E-state index in [4.69, 9.17) is 16.3 Å². The highest BCUT2D eigenvalue weighted by molar-refractivity contribution is 6.29. The second kappa shape index (κ2) is 4.31. The van der Waals surface area contributed by atoms with Crippen molar-refractivity contribution in [1.82, 2.24) is 9.97 Å². The van der Waals surface area contributed by atoms with Crippen LogP contribution in [0.3, 0.4) is 0 Å². The van der Waals surface area contributed by atoms with Gasteiger partial charge in [-0.1, -0.05) is 11.6 Å². The van der Waals surface area contributed by atoms with Crippen molar-refractivity contribution in [2.75, 3.05) is 12.0 Å². The Kier molecular flexibility index (Phi) is 2.99. The SMILES string of the molecule is COC1=C(C)C(O)N(c2cnc(Cl)cn2)C1=O. The third kappa shape index (κ3) is 1.85. The first-order chi connectivity index (χ1) is 8.06. The maximum Gasteiger partial charge on any atom is 0.297 e. The molecule has 1 aromatic heterocycles. The Labute approximate surface area is 102 Å². The highest BCUT2D eigenvalue weighted by Gasteiger charge is 2.38. The summed E-state index contributed by atoms with van der Waals surface area (Å²) in [6.07, 6.45) is 1.53. The molecule has 7 heteroatoms. The summed E-state index contributed by atoms with van der Waals surface area (Å²) in [7, 11) is 1.38. The van der Waals surface area contributed by atoms with E-state index in [0.717, 1.165) is 4.90 Å². The van der Waals surface area contributed by atoms with E-state index < -0.39 is 12.1 Å². The molecule has 0 bridgehead atoms. The number of ether oxygens (including phenoxy) is 1.